The van der Waals surface area contributed by atoms with Crippen molar-refractivity contribution in [1.82, 2.24) is 9.78 Å². The van der Waals surface area contributed by atoms with Gasteiger partial charge >= 0.3 is 0 Å². The van der Waals surface area contributed by atoms with Crippen molar-refractivity contribution in [1.29, 1.82) is 5.26 Å². The van der Waals surface area contributed by atoms with Crippen LogP contribution in [0, 0.1) is 11.3 Å². The van der Waals surface area contributed by atoms with E-state index in [2.05, 4.69) is 16.5 Å². The average Bonchev–Trinajstić information content (AvgIpc) is 2.49. The number of aromatic nitrogens is 2. The minimum absolute atomic E-state index is 0.109. The lowest BCUT2D eigenvalue weighted by Gasteiger charge is -2.17. The molecule has 5 nitrogen and oxygen atoms in total. The maximum atomic E-state index is 12.0. The van der Waals surface area contributed by atoms with E-state index in [-0.39, 0.29) is 5.56 Å². The lowest BCUT2D eigenvalue weighted by Crippen LogP contribution is -2.27. The first kappa shape index (κ1) is 12.4. The molecule has 1 aromatic heterocycles. The van der Waals surface area contributed by atoms with Crippen molar-refractivity contribution in [3.8, 4) is 6.07 Å². The number of hydrogen-bond acceptors (Lipinski definition) is 4. The van der Waals surface area contributed by atoms with Crippen LogP contribution in [0.1, 0.15) is 23.2 Å². The molecule has 0 unspecified atom stereocenters. The molecule has 1 aliphatic heterocycles. The van der Waals surface area contributed by atoms with Crippen molar-refractivity contribution in [2.24, 2.45) is 0 Å². The fourth-order valence-corrected chi connectivity index (χ4v) is 2.32. The van der Waals surface area contributed by atoms with Crippen LogP contribution in [0.5, 0.6) is 0 Å². The summed E-state index contributed by atoms with van der Waals surface area (Å²) in [6.45, 7) is 1.32. The predicted molar refractivity (Wildman–Crippen MR) is 75.6 cm³/mol. The Balaban J connectivity index is 1.90. The van der Waals surface area contributed by atoms with Gasteiger partial charge in [0, 0.05) is 12.6 Å². The molecule has 0 aliphatic carbocycles. The maximum Gasteiger partial charge on any atom is 0.269 e. The van der Waals surface area contributed by atoms with Crippen LogP contribution in [0.15, 0.2) is 35.1 Å². The van der Waals surface area contributed by atoms with Crippen molar-refractivity contribution in [3.05, 3.63) is 57.5 Å². The zero-order valence-corrected chi connectivity index (χ0v) is 11.0. The van der Waals surface area contributed by atoms with Gasteiger partial charge in [0.25, 0.3) is 5.56 Å². The second-order valence-corrected chi connectivity index (χ2v) is 4.84. The minimum atomic E-state index is -0.109. The molecule has 1 N–H and O–H groups in total. The van der Waals surface area contributed by atoms with E-state index >= 15 is 0 Å². The Hall–Kier alpha value is -2.61. The van der Waals surface area contributed by atoms with Crippen LogP contribution < -0.4 is 10.9 Å². The summed E-state index contributed by atoms with van der Waals surface area (Å²) < 4.78 is 1.48. The number of nitriles is 1. The van der Waals surface area contributed by atoms with E-state index < -0.39 is 0 Å². The van der Waals surface area contributed by atoms with Gasteiger partial charge in [0.1, 0.15) is 0 Å². The van der Waals surface area contributed by atoms with Crippen molar-refractivity contribution in [3.63, 3.8) is 0 Å². The molecular formula is C15H14N4O. The largest absolute Gasteiger partial charge is 0.383 e. The number of nitrogens with zero attached hydrogens (tertiary/aromatic N) is 3. The maximum absolute atomic E-state index is 12.0. The van der Waals surface area contributed by atoms with Crippen LogP contribution >= 0.6 is 0 Å². The molecule has 0 spiro atoms. The van der Waals surface area contributed by atoms with Crippen molar-refractivity contribution in [2.45, 2.75) is 19.4 Å². The molecule has 2 heterocycles. The monoisotopic (exact) mass is 266 g/mol. The summed E-state index contributed by atoms with van der Waals surface area (Å²) >= 11 is 0. The van der Waals surface area contributed by atoms with Crippen molar-refractivity contribution < 1.29 is 0 Å². The molecule has 1 aliphatic rings. The summed E-state index contributed by atoms with van der Waals surface area (Å²) in [5.41, 5.74) is 3.27. The number of anilines is 1. The number of nitrogens with one attached hydrogen (secondary N) is 1. The van der Waals surface area contributed by atoms with Crippen LogP contribution in [-0.4, -0.2) is 16.3 Å². The van der Waals surface area contributed by atoms with Gasteiger partial charge in [-0.3, -0.25) is 4.79 Å². The molecule has 0 saturated heterocycles. The molecule has 100 valence electrons. The first-order valence-corrected chi connectivity index (χ1v) is 6.60. The molecular weight excluding hydrogens is 252 g/mol. The van der Waals surface area contributed by atoms with Gasteiger partial charge in [-0.05, 0) is 30.5 Å². The van der Waals surface area contributed by atoms with Gasteiger partial charge in [-0.1, -0.05) is 12.1 Å². The average molecular weight is 266 g/mol. The van der Waals surface area contributed by atoms with Gasteiger partial charge in [0.15, 0.2) is 0 Å². The summed E-state index contributed by atoms with van der Waals surface area (Å²) in [5, 5.41) is 16.4. The molecule has 3 rings (SSSR count). The first-order valence-electron chi connectivity index (χ1n) is 6.60. The summed E-state index contributed by atoms with van der Waals surface area (Å²) in [5.74, 6) is 0. The van der Waals surface area contributed by atoms with Crippen LogP contribution in [0.3, 0.4) is 0 Å². The van der Waals surface area contributed by atoms with Gasteiger partial charge in [-0.15, -0.1) is 0 Å². The Kier molecular flexibility index (Phi) is 3.21. The lowest BCUT2D eigenvalue weighted by molar-refractivity contribution is 0.608. The highest BCUT2D eigenvalue weighted by atomic mass is 16.1. The topological polar surface area (TPSA) is 70.7 Å². The van der Waals surface area contributed by atoms with E-state index in [0.29, 0.717) is 12.1 Å². The Bertz CT molecular complexity index is 725. The summed E-state index contributed by atoms with van der Waals surface area (Å²) in [4.78, 5) is 12.0. The molecule has 5 heteroatoms. The van der Waals surface area contributed by atoms with Gasteiger partial charge < -0.3 is 5.32 Å². The Labute approximate surface area is 116 Å². The molecule has 2 aromatic rings. The molecule has 20 heavy (non-hydrogen) atoms. The Morgan fingerprint density at radius 2 is 2.15 bits per heavy atom. The number of benzene rings is 1. The van der Waals surface area contributed by atoms with E-state index in [1.165, 1.54) is 4.68 Å². The number of hydrogen-bond donors (Lipinski definition) is 1. The quantitative estimate of drug-likeness (QED) is 0.894. The normalized spacial score (nSPS) is 13.2. The van der Waals surface area contributed by atoms with Crippen LogP contribution in [0.4, 0.5) is 5.69 Å². The highest BCUT2D eigenvalue weighted by molar-refractivity contribution is 5.48. The second-order valence-electron chi connectivity index (χ2n) is 4.84. The molecule has 0 radical (unpaired) electrons. The number of rotatable bonds is 2. The van der Waals surface area contributed by atoms with Crippen molar-refractivity contribution >= 4 is 5.69 Å². The van der Waals surface area contributed by atoms with Gasteiger partial charge in [-0.25, -0.2) is 4.68 Å². The SMILES string of the molecule is N#Cc1ccc(Cn2nc3c(cc2=O)NCCC3)cc1. The third kappa shape index (κ3) is 2.41. The zero-order valence-electron chi connectivity index (χ0n) is 11.0. The number of fused-ring (bicyclic) bond motifs is 1. The Morgan fingerprint density at radius 1 is 1.35 bits per heavy atom. The standard InChI is InChI=1S/C15H14N4O/c16-9-11-3-5-12(6-4-11)10-19-15(20)8-14-13(18-19)2-1-7-17-14/h3-6,8,17H,1-2,7,10H2. The molecule has 0 fully saturated rings. The first-order chi connectivity index (χ1) is 9.76. The van der Waals surface area contributed by atoms with Crippen molar-refractivity contribution in [2.75, 3.05) is 11.9 Å². The number of aryl methyl sites for hydroxylation is 1. The molecule has 0 amide bonds. The second kappa shape index (κ2) is 5.17. The van der Waals surface area contributed by atoms with Crippen LogP contribution in [0.2, 0.25) is 0 Å². The van der Waals surface area contributed by atoms with E-state index in [1.54, 1.807) is 18.2 Å². The smallest absolute Gasteiger partial charge is 0.269 e. The lowest BCUT2D eigenvalue weighted by atomic mass is 10.1. The Morgan fingerprint density at radius 3 is 2.90 bits per heavy atom. The fraction of sp³-hybridized carbons (Fsp3) is 0.267. The van der Waals surface area contributed by atoms with Gasteiger partial charge in [0.05, 0.1) is 29.6 Å². The summed E-state index contributed by atoms with van der Waals surface area (Å²) in [7, 11) is 0. The molecule has 0 atom stereocenters. The van der Waals surface area contributed by atoms with Crippen LogP contribution in [-0.2, 0) is 13.0 Å². The molecule has 0 saturated carbocycles. The van der Waals surface area contributed by atoms with E-state index in [0.717, 1.165) is 36.3 Å². The third-order valence-electron chi connectivity index (χ3n) is 3.40. The van der Waals surface area contributed by atoms with E-state index in [9.17, 15) is 4.79 Å². The van der Waals surface area contributed by atoms with Crippen LogP contribution in [0.25, 0.3) is 0 Å². The highest BCUT2D eigenvalue weighted by Crippen LogP contribution is 2.16. The molecule has 1 aromatic carbocycles. The molecule has 0 bridgehead atoms. The van der Waals surface area contributed by atoms with Gasteiger partial charge in [0.2, 0.25) is 0 Å². The zero-order chi connectivity index (χ0) is 13.9. The fourth-order valence-electron chi connectivity index (χ4n) is 2.32. The van der Waals surface area contributed by atoms with Gasteiger partial charge in [-0.2, -0.15) is 10.4 Å². The summed E-state index contributed by atoms with van der Waals surface area (Å²) in [6, 6.07) is 10.9. The minimum Gasteiger partial charge on any atom is -0.383 e. The predicted octanol–water partition coefficient (Wildman–Crippen LogP) is 1.52. The highest BCUT2D eigenvalue weighted by Gasteiger charge is 2.12. The third-order valence-corrected chi connectivity index (χ3v) is 3.40. The summed E-state index contributed by atoms with van der Waals surface area (Å²) in [6.07, 6.45) is 1.94. The van der Waals surface area contributed by atoms with E-state index in [4.69, 9.17) is 5.26 Å². The van der Waals surface area contributed by atoms with E-state index in [1.807, 2.05) is 12.1 Å².